The Balaban J connectivity index is 2.34. The van der Waals surface area contributed by atoms with Gasteiger partial charge in [0, 0.05) is 23.9 Å². The zero-order valence-corrected chi connectivity index (χ0v) is 15.3. The third-order valence-electron chi connectivity index (χ3n) is 3.82. The quantitative estimate of drug-likeness (QED) is 0.881. The lowest BCUT2D eigenvalue weighted by molar-refractivity contribution is -0.116. The van der Waals surface area contributed by atoms with Crippen molar-refractivity contribution in [1.82, 2.24) is 9.78 Å². The van der Waals surface area contributed by atoms with Gasteiger partial charge in [-0.2, -0.15) is 5.10 Å². The normalized spacial score (nSPS) is 12.9. The molecule has 1 aromatic carbocycles. The topological polar surface area (TPSA) is 72.9 Å². The summed E-state index contributed by atoms with van der Waals surface area (Å²) in [4.78, 5) is 12.2. The first-order valence-electron chi connectivity index (χ1n) is 8.40. The molecule has 1 amide bonds. The molecule has 0 aliphatic carbocycles. The molecule has 1 unspecified atom stereocenters. The lowest BCUT2D eigenvalue weighted by Gasteiger charge is -2.14. The first-order valence-corrected chi connectivity index (χ1v) is 8.40. The number of benzene rings is 1. The first kappa shape index (κ1) is 18.2. The average Bonchev–Trinajstić information content (AvgIpc) is 2.89. The minimum atomic E-state index is -0.0969. The molecule has 3 N–H and O–H groups in total. The number of aromatic nitrogens is 2. The van der Waals surface area contributed by atoms with Crippen molar-refractivity contribution in [2.45, 2.75) is 58.9 Å². The second-order valence-corrected chi connectivity index (χ2v) is 7.48. The van der Waals surface area contributed by atoms with Crippen LogP contribution in [0.4, 0.5) is 5.82 Å². The Morgan fingerprint density at radius 1 is 1.33 bits per heavy atom. The molecule has 1 atom stereocenters. The minimum absolute atomic E-state index is 0.0163. The number of carbonyl (C=O) groups is 1. The number of anilines is 1. The summed E-state index contributed by atoms with van der Waals surface area (Å²) >= 11 is 0. The van der Waals surface area contributed by atoms with E-state index in [1.54, 1.807) is 4.68 Å². The maximum absolute atomic E-state index is 12.2. The molecule has 0 aliphatic heterocycles. The van der Waals surface area contributed by atoms with E-state index in [1.165, 1.54) is 0 Å². The SMILES string of the molecule is Cc1cccc(-n2nc(C(C)(C)C)cc2NC(=O)CCC(C)N)c1. The summed E-state index contributed by atoms with van der Waals surface area (Å²) < 4.78 is 1.80. The molecule has 5 heteroatoms. The summed E-state index contributed by atoms with van der Waals surface area (Å²) in [5.41, 5.74) is 8.66. The molecule has 0 saturated carbocycles. The Morgan fingerprint density at radius 2 is 2.04 bits per heavy atom. The van der Waals surface area contributed by atoms with Crippen molar-refractivity contribution in [3.05, 3.63) is 41.6 Å². The highest BCUT2D eigenvalue weighted by atomic mass is 16.1. The molecule has 0 saturated heterocycles. The first-order chi connectivity index (χ1) is 11.2. The van der Waals surface area contributed by atoms with Crippen LogP contribution in [0, 0.1) is 6.92 Å². The van der Waals surface area contributed by atoms with Crippen LogP contribution >= 0.6 is 0 Å². The lowest BCUT2D eigenvalue weighted by Crippen LogP contribution is -2.20. The van der Waals surface area contributed by atoms with Crippen molar-refractivity contribution in [3.8, 4) is 5.69 Å². The van der Waals surface area contributed by atoms with Gasteiger partial charge < -0.3 is 11.1 Å². The van der Waals surface area contributed by atoms with Crippen LogP contribution in [0.25, 0.3) is 5.69 Å². The van der Waals surface area contributed by atoms with Gasteiger partial charge in [0.15, 0.2) is 0 Å². The molecule has 0 spiro atoms. The Labute approximate surface area is 144 Å². The van der Waals surface area contributed by atoms with Gasteiger partial charge in [-0.15, -0.1) is 0 Å². The Hall–Kier alpha value is -2.14. The Morgan fingerprint density at radius 3 is 2.62 bits per heavy atom. The fourth-order valence-corrected chi connectivity index (χ4v) is 2.36. The summed E-state index contributed by atoms with van der Waals surface area (Å²) in [7, 11) is 0. The number of hydrogen-bond donors (Lipinski definition) is 2. The minimum Gasteiger partial charge on any atom is -0.328 e. The van der Waals surface area contributed by atoms with Crippen molar-refractivity contribution in [3.63, 3.8) is 0 Å². The van der Waals surface area contributed by atoms with E-state index in [-0.39, 0.29) is 17.4 Å². The van der Waals surface area contributed by atoms with Crippen LogP contribution in [-0.4, -0.2) is 21.7 Å². The molecular formula is C19H28N4O. The van der Waals surface area contributed by atoms with E-state index < -0.39 is 0 Å². The van der Waals surface area contributed by atoms with Crippen LogP contribution in [0.3, 0.4) is 0 Å². The van der Waals surface area contributed by atoms with Crippen LogP contribution in [0.5, 0.6) is 0 Å². The second kappa shape index (κ2) is 7.18. The fourth-order valence-electron chi connectivity index (χ4n) is 2.36. The maximum Gasteiger partial charge on any atom is 0.225 e. The molecule has 0 bridgehead atoms. The van der Waals surface area contributed by atoms with Crippen molar-refractivity contribution in [2.75, 3.05) is 5.32 Å². The van der Waals surface area contributed by atoms with Crippen molar-refractivity contribution >= 4 is 11.7 Å². The van der Waals surface area contributed by atoms with Crippen molar-refractivity contribution in [2.24, 2.45) is 5.73 Å². The fraction of sp³-hybridized carbons (Fsp3) is 0.474. The number of rotatable bonds is 5. The highest BCUT2D eigenvalue weighted by Crippen LogP contribution is 2.26. The maximum atomic E-state index is 12.2. The van der Waals surface area contributed by atoms with Gasteiger partial charge in [-0.1, -0.05) is 32.9 Å². The van der Waals surface area contributed by atoms with Gasteiger partial charge in [-0.05, 0) is 38.0 Å². The summed E-state index contributed by atoms with van der Waals surface area (Å²) in [6, 6.07) is 10.0. The van der Waals surface area contributed by atoms with Gasteiger partial charge in [-0.25, -0.2) is 4.68 Å². The van der Waals surface area contributed by atoms with E-state index in [4.69, 9.17) is 10.8 Å². The van der Waals surface area contributed by atoms with E-state index >= 15 is 0 Å². The van der Waals surface area contributed by atoms with Crippen molar-refractivity contribution in [1.29, 1.82) is 0 Å². The molecule has 0 aliphatic rings. The van der Waals surface area contributed by atoms with Gasteiger partial charge >= 0.3 is 0 Å². The predicted octanol–water partition coefficient (Wildman–Crippen LogP) is 3.54. The molecule has 24 heavy (non-hydrogen) atoms. The summed E-state index contributed by atoms with van der Waals surface area (Å²) in [6.07, 6.45) is 1.07. The van der Waals surface area contributed by atoms with Crippen LogP contribution in [-0.2, 0) is 10.2 Å². The third-order valence-corrected chi connectivity index (χ3v) is 3.82. The van der Waals surface area contributed by atoms with Gasteiger partial charge in [-0.3, -0.25) is 4.79 Å². The standard InChI is InChI=1S/C19H28N4O/c1-13-7-6-8-15(11-13)23-17(12-16(22-23)19(3,4)5)21-18(24)10-9-14(2)20/h6-8,11-12,14H,9-10,20H2,1-5H3,(H,21,24). The van der Waals surface area contributed by atoms with Gasteiger partial charge in [0.2, 0.25) is 5.91 Å². The van der Waals surface area contributed by atoms with Crippen LogP contribution < -0.4 is 11.1 Å². The number of carbonyl (C=O) groups excluding carboxylic acids is 1. The largest absolute Gasteiger partial charge is 0.328 e. The van der Waals surface area contributed by atoms with E-state index in [2.05, 4.69) is 32.2 Å². The number of aryl methyl sites for hydroxylation is 1. The van der Waals surface area contributed by atoms with Gasteiger partial charge in [0.05, 0.1) is 11.4 Å². The van der Waals surface area contributed by atoms with E-state index in [0.29, 0.717) is 18.7 Å². The van der Waals surface area contributed by atoms with Crippen molar-refractivity contribution < 1.29 is 4.79 Å². The number of nitrogens with two attached hydrogens (primary N) is 1. The average molecular weight is 328 g/mol. The monoisotopic (exact) mass is 328 g/mol. The number of hydrogen-bond acceptors (Lipinski definition) is 3. The third kappa shape index (κ3) is 4.68. The summed E-state index contributed by atoms with van der Waals surface area (Å²) in [5.74, 6) is 0.654. The summed E-state index contributed by atoms with van der Waals surface area (Å²) in [5, 5.41) is 7.70. The predicted molar refractivity (Wildman–Crippen MR) is 98.5 cm³/mol. The number of amides is 1. The molecule has 0 radical (unpaired) electrons. The Kier molecular flexibility index (Phi) is 5.44. The van der Waals surface area contributed by atoms with Gasteiger partial charge in [0.25, 0.3) is 0 Å². The van der Waals surface area contributed by atoms with Gasteiger partial charge in [0.1, 0.15) is 5.82 Å². The molecule has 0 fully saturated rings. The van der Waals surface area contributed by atoms with Crippen LogP contribution in [0.15, 0.2) is 30.3 Å². The highest BCUT2D eigenvalue weighted by molar-refractivity contribution is 5.90. The number of nitrogens with zero attached hydrogens (tertiary/aromatic N) is 2. The smallest absolute Gasteiger partial charge is 0.225 e. The lowest BCUT2D eigenvalue weighted by atomic mass is 9.92. The van der Waals surface area contributed by atoms with E-state index in [9.17, 15) is 4.79 Å². The summed E-state index contributed by atoms with van der Waals surface area (Å²) in [6.45, 7) is 10.3. The molecule has 1 heterocycles. The molecule has 130 valence electrons. The zero-order chi connectivity index (χ0) is 17.9. The van der Waals surface area contributed by atoms with E-state index in [1.807, 2.05) is 38.1 Å². The molecule has 5 nitrogen and oxygen atoms in total. The van der Waals surface area contributed by atoms with E-state index in [0.717, 1.165) is 16.9 Å². The molecular weight excluding hydrogens is 300 g/mol. The Bertz CT molecular complexity index is 710. The second-order valence-electron chi connectivity index (χ2n) is 7.48. The van der Waals surface area contributed by atoms with Crippen LogP contribution in [0.1, 0.15) is 51.8 Å². The molecule has 2 aromatic rings. The zero-order valence-electron chi connectivity index (χ0n) is 15.3. The highest BCUT2D eigenvalue weighted by Gasteiger charge is 2.21. The molecule has 1 aromatic heterocycles. The van der Waals surface area contributed by atoms with Crippen LogP contribution in [0.2, 0.25) is 0 Å². The molecule has 2 rings (SSSR count). The number of nitrogens with one attached hydrogen (secondary N) is 1.